The van der Waals surface area contributed by atoms with E-state index >= 15 is 0 Å². The number of hydrogen-bond donors (Lipinski definition) is 2. The van der Waals surface area contributed by atoms with Crippen LogP contribution in [0, 0.1) is 11.8 Å². The summed E-state index contributed by atoms with van der Waals surface area (Å²) in [6.45, 7) is 22.3. The molecule has 4 nitrogen and oxygen atoms in total. The van der Waals surface area contributed by atoms with E-state index in [1.165, 1.54) is 23.3 Å². The summed E-state index contributed by atoms with van der Waals surface area (Å²) in [5.41, 5.74) is 11.6. The van der Waals surface area contributed by atoms with Crippen molar-refractivity contribution in [2.75, 3.05) is 0 Å². The average Bonchev–Trinajstić information content (AvgIpc) is 2.78. The number of nitrogens with zero attached hydrogens (tertiary/aromatic N) is 2. The Morgan fingerprint density at radius 1 is 1.03 bits per heavy atom. The number of fused-ring (bicyclic) bond motifs is 1. The fourth-order valence-electron chi connectivity index (χ4n) is 3.03. The molecular formula is C29H50N4. The van der Waals surface area contributed by atoms with E-state index in [0.29, 0.717) is 0 Å². The zero-order chi connectivity index (χ0) is 25.4. The van der Waals surface area contributed by atoms with Gasteiger partial charge in [0, 0.05) is 30.2 Å². The molecule has 1 heterocycles. The predicted molar refractivity (Wildman–Crippen MR) is 147 cm³/mol. The Kier molecular flexibility index (Phi) is 15.3. The van der Waals surface area contributed by atoms with Crippen LogP contribution >= 0.6 is 0 Å². The fraction of sp³-hybridized carbons (Fsp3) is 0.586. The zero-order valence-electron chi connectivity index (χ0n) is 23.0. The lowest BCUT2D eigenvalue weighted by Crippen LogP contribution is -2.36. The number of hydrogen-bond acceptors (Lipinski definition) is 4. The van der Waals surface area contributed by atoms with Crippen LogP contribution < -0.4 is 11.1 Å². The van der Waals surface area contributed by atoms with Crippen LogP contribution in [0.15, 0.2) is 54.0 Å². The smallest absolute Gasteiger partial charge is 0.0890 e. The number of aromatic nitrogens is 2. The first-order valence-electron chi connectivity index (χ1n) is 12.5. The Morgan fingerprint density at radius 3 is 2.09 bits per heavy atom. The molecule has 2 atom stereocenters. The number of nitrogens with one attached hydrogen (secondary N) is 1. The Morgan fingerprint density at radius 2 is 1.61 bits per heavy atom. The molecule has 0 saturated heterocycles. The largest absolute Gasteiger partial charge is 0.381 e. The van der Waals surface area contributed by atoms with Crippen molar-refractivity contribution in [3.8, 4) is 0 Å². The van der Waals surface area contributed by atoms with Crippen LogP contribution in [0.25, 0.3) is 11.0 Å². The van der Waals surface area contributed by atoms with Crippen molar-refractivity contribution < 1.29 is 0 Å². The highest BCUT2D eigenvalue weighted by molar-refractivity contribution is 5.74. The van der Waals surface area contributed by atoms with Crippen molar-refractivity contribution in [3.63, 3.8) is 0 Å². The van der Waals surface area contributed by atoms with Crippen LogP contribution in [0.4, 0.5) is 0 Å². The van der Waals surface area contributed by atoms with Crippen molar-refractivity contribution in [1.82, 2.24) is 15.3 Å². The third-order valence-electron chi connectivity index (χ3n) is 5.48. The summed E-state index contributed by atoms with van der Waals surface area (Å²) in [6, 6.07) is 6.17. The lowest BCUT2D eigenvalue weighted by molar-refractivity contribution is 0.339. The van der Waals surface area contributed by atoms with Gasteiger partial charge in [-0.3, -0.25) is 9.97 Å². The number of nitrogens with two attached hydrogens (primary N) is 1. The van der Waals surface area contributed by atoms with E-state index in [-0.39, 0.29) is 5.54 Å². The van der Waals surface area contributed by atoms with Gasteiger partial charge in [-0.25, -0.2) is 0 Å². The van der Waals surface area contributed by atoms with Crippen LogP contribution in [0.2, 0.25) is 0 Å². The first-order valence-corrected chi connectivity index (χ1v) is 12.5. The molecule has 1 aromatic carbocycles. The highest BCUT2D eigenvalue weighted by Gasteiger charge is 2.17. The van der Waals surface area contributed by atoms with E-state index in [1.54, 1.807) is 12.4 Å². The van der Waals surface area contributed by atoms with E-state index in [0.717, 1.165) is 42.3 Å². The Labute approximate surface area is 204 Å². The second-order valence-corrected chi connectivity index (χ2v) is 9.86. The molecule has 2 rings (SSSR count). The molecule has 0 fully saturated rings. The van der Waals surface area contributed by atoms with Crippen molar-refractivity contribution in [3.05, 3.63) is 59.6 Å². The second kappa shape index (κ2) is 16.4. The van der Waals surface area contributed by atoms with Gasteiger partial charge in [-0.2, -0.15) is 0 Å². The number of benzene rings is 1. The zero-order valence-corrected chi connectivity index (χ0v) is 23.0. The van der Waals surface area contributed by atoms with Crippen molar-refractivity contribution in [1.29, 1.82) is 0 Å². The summed E-state index contributed by atoms with van der Waals surface area (Å²) in [7, 11) is 0. The Bertz CT molecular complexity index is 847. The van der Waals surface area contributed by atoms with Crippen molar-refractivity contribution in [2.45, 2.75) is 101 Å². The molecule has 186 valence electrons. The predicted octanol–water partition coefficient (Wildman–Crippen LogP) is 7.80. The summed E-state index contributed by atoms with van der Waals surface area (Å²) < 4.78 is 0. The maximum absolute atomic E-state index is 5.99. The monoisotopic (exact) mass is 454 g/mol. The Balaban J connectivity index is 0.000000615. The summed E-state index contributed by atoms with van der Waals surface area (Å²) >= 11 is 0. The van der Waals surface area contributed by atoms with Gasteiger partial charge in [0.1, 0.15) is 0 Å². The maximum atomic E-state index is 5.99. The van der Waals surface area contributed by atoms with E-state index < -0.39 is 0 Å². The van der Waals surface area contributed by atoms with E-state index in [2.05, 4.69) is 95.0 Å². The average molecular weight is 455 g/mol. The standard InChI is InChI=1S/C16H19N3.C9H21N.C4H10/c1-4-12(3)14(5-2)19-11-13-6-7-15-16(10-13)18-9-8-17-15;1-5-8(3)7-9(4,10)6-2;1-4(2)3/h4-10,19H,11H2,1-3H3;8H,5-7,10H2,1-4H3;4H,1-3H3/b12-4-,14-5+;;/t;8-,9?;/m.1./s1. The lowest BCUT2D eigenvalue weighted by atomic mass is 9.87. The second-order valence-electron chi connectivity index (χ2n) is 9.86. The highest BCUT2D eigenvalue weighted by atomic mass is 14.9. The topological polar surface area (TPSA) is 63.8 Å². The maximum Gasteiger partial charge on any atom is 0.0890 e. The summed E-state index contributed by atoms with van der Waals surface area (Å²) in [4.78, 5) is 8.60. The molecule has 0 aliphatic carbocycles. The van der Waals surface area contributed by atoms with Crippen LogP contribution in [-0.4, -0.2) is 15.5 Å². The van der Waals surface area contributed by atoms with Gasteiger partial charge in [0.05, 0.1) is 11.0 Å². The van der Waals surface area contributed by atoms with Gasteiger partial charge in [0.2, 0.25) is 0 Å². The van der Waals surface area contributed by atoms with Gasteiger partial charge < -0.3 is 11.1 Å². The third kappa shape index (κ3) is 13.8. The highest BCUT2D eigenvalue weighted by Crippen LogP contribution is 2.19. The van der Waals surface area contributed by atoms with Gasteiger partial charge in [-0.15, -0.1) is 0 Å². The van der Waals surface area contributed by atoms with Gasteiger partial charge in [0.25, 0.3) is 0 Å². The molecule has 0 aliphatic heterocycles. The van der Waals surface area contributed by atoms with Gasteiger partial charge in [0.15, 0.2) is 0 Å². The number of allylic oxidation sites excluding steroid dienone is 3. The molecule has 1 unspecified atom stereocenters. The first kappa shape index (κ1) is 30.8. The Hall–Kier alpha value is -2.20. The minimum absolute atomic E-state index is 0.0649. The molecule has 0 aliphatic rings. The molecule has 0 spiro atoms. The number of rotatable bonds is 8. The van der Waals surface area contributed by atoms with Crippen molar-refractivity contribution >= 4 is 11.0 Å². The van der Waals surface area contributed by atoms with E-state index in [1.807, 2.05) is 19.9 Å². The molecule has 1 aromatic heterocycles. The molecule has 4 heteroatoms. The lowest BCUT2D eigenvalue weighted by Gasteiger charge is -2.25. The quantitative estimate of drug-likeness (QED) is 0.399. The van der Waals surface area contributed by atoms with Crippen LogP contribution in [0.1, 0.15) is 94.1 Å². The molecule has 0 amide bonds. The molecule has 33 heavy (non-hydrogen) atoms. The van der Waals surface area contributed by atoms with E-state index in [9.17, 15) is 0 Å². The van der Waals surface area contributed by atoms with Crippen molar-refractivity contribution in [2.24, 2.45) is 17.6 Å². The summed E-state index contributed by atoms with van der Waals surface area (Å²) in [5, 5.41) is 3.45. The minimum atomic E-state index is 0.0649. The van der Waals surface area contributed by atoms with E-state index in [4.69, 9.17) is 5.73 Å². The SMILES string of the molecule is C/C=C(C)\C(=C/C)NCc1ccc2nccnc2c1.CC(C)C.CC[C@@H](C)CC(C)(N)CC. The summed E-state index contributed by atoms with van der Waals surface area (Å²) in [5.74, 6) is 1.61. The van der Waals surface area contributed by atoms with Crippen LogP contribution in [-0.2, 0) is 6.54 Å². The molecule has 0 bridgehead atoms. The fourth-order valence-corrected chi connectivity index (χ4v) is 3.03. The molecule has 2 aromatic rings. The normalized spacial score (nSPS) is 14.5. The van der Waals surface area contributed by atoms with Gasteiger partial charge in [-0.05, 0) is 75.6 Å². The summed E-state index contributed by atoms with van der Waals surface area (Å²) in [6.07, 6.45) is 11.1. The third-order valence-corrected chi connectivity index (χ3v) is 5.48. The molecular weight excluding hydrogens is 404 g/mol. The molecule has 0 radical (unpaired) electrons. The van der Waals surface area contributed by atoms with Gasteiger partial charge >= 0.3 is 0 Å². The molecule has 0 saturated carbocycles. The molecule has 3 N–H and O–H groups in total. The van der Waals surface area contributed by atoms with Crippen LogP contribution in [0.3, 0.4) is 0 Å². The minimum Gasteiger partial charge on any atom is -0.381 e. The van der Waals surface area contributed by atoms with Crippen LogP contribution in [0.5, 0.6) is 0 Å². The van der Waals surface area contributed by atoms with Gasteiger partial charge in [-0.1, -0.05) is 66.2 Å². The first-order chi connectivity index (χ1) is 15.5.